The summed E-state index contributed by atoms with van der Waals surface area (Å²) in [6.45, 7) is 0. The van der Waals surface area contributed by atoms with E-state index in [2.05, 4.69) is 4.74 Å². The third-order valence-corrected chi connectivity index (χ3v) is 4.83. The van der Waals surface area contributed by atoms with Crippen molar-refractivity contribution in [2.45, 2.75) is 84.7 Å². The van der Waals surface area contributed by atoms with Gasteiger partial charge < -0.3 is 4.74 Å². The van der Waals surface area contributed by atoms with Crippen molar-refractivity contribution in [2.75, 3.05) is 7.11 Å². The van der Waals surface area contributed by atoms with Crippen LogP contribution in [0.3, 0.4) is 0 Å². The average Bonchev–Trinajstić information content (AvgIpc) is 2.83. The SMILES string of the molecule is COC(=O)[C@@](F)(OC(F)(F)[C@](F)(OC(F)(F)[C@@](F)(OC(F)(F)[C@@](F)(OC(F)(F)C(F)(F)C(F)(F)F)C(F)(F)F)C(F)(F)F)C(F)(F)F)C(F)(F)F. The van der Waals surface area contributed by atoms with Crippen molar-refractivity contribution < 1.29 is 156 Å². The van der Waals surface area contributed by atoms with Gasteiger partial charge in [-0.25, -0.2) is 4.79 Å². The zero-order valence-electron chi connectivity index (χ0n) is 21.9. The number of esters is 1. The maximum absolute atomic E-state index is 14.4. The Morgan fingerprint density at radius 3 is 0.765 bits per heavy atom. The Labute approximate surface area is 255 Å². The number of hydrogen-bond acceptors (Lipinski definition) is 6. The van der Waals surface area contributed by atoms with Gasteiger partial charge in [0.1, 0.15) is 0 Å². The molecule has 0 unspecified atom stereocenters. The molecule has 0 rings (SSSR count). The molecule has 0 aromatic rings. The molecule has 0 bridgehead atoms. The largest absolute Gasteiger partial charge is 0.465 e. The number of ether oxygens (including phenoxy) is 5. The van der Waals surface area contributed by atoms with Crippen LogP contribution in [0.5, 0.6) is 0 Å². The molecule has 0 fully saturated rings. The molecule has 0 amide bonds. The van der Waals surface area contributed by atoms with Gasteiger partial charge in [-0.2, -0.15) is 127 Å². The Morgan fingerprint density at radius 1 is 0.333 bits per heavy atom. The van der Waals surface area contributed by atoms with Gasteiger partial charge in [-0.15, -0.1) is 0 Å². The summed E-state index contributed by atoms with van der Waals surface area (Å²) in [6, 6.07) is 0. The highest BCUT2D eigenvalue weighted by molar-refractivity contribution is 5.78. The van der Waals surface area contributed by atoms with Gasteiger partial charge in [-0.3, -0.25) is 18.9 Å². The Morgan fingerprint density at radius 2 is 0.569 bits per heavy atom. The van der Waals surface area contributed by atoms with Crippen molar-refractivity contribution >= 4 is 5.97 Å². The minimum Gasteiger partial charge on any atom is -0.465 e. The Hall–Kier alpha value is -2.72. The van der Waals surface area contributed by atoms with Crippen molar-refractivity contribution in [3.05, 3.63) is 0 Å². The van der Waals surface area contributed by atoms with E-state index in [1.54, 1.807) is 0 Å². The first-order valence-corrected chi connectivity index (χ1v) is 10.4. The van der Waals surface area contributed by atoms with Gasteiger partial charge in [0.15, 0.2) is 0 Å². The van der Waals surface area contributed by atoms with Crippen LogP contribution < -0.4 is 0 Å². The van der Waals surface area contributed by atoms with Gasteiger partial charge in [0, 0.05) is 0 Å². The number of methoxy groups -OCH3 is 1. The number of rotatable bonds is 13. The summed E-state index contributed by atoms with van der Waals surface area (Å²) in [5.74, 6) is -47.0. The summed E-state index contributed by atoms with van der Waals surface area (Å²) in [5.41, 5.74) is 0. The fourth-order valence-electron chi connectivity index (χ4n) is 2.33. The first-order chi connectivity index (χ1) is 21.6. The maximum atomic E-state index is 14.4. The van der Waals surface area contributed by atoms with Crippen LogP contribution in [0.15, 0.2) is 0 Å². The van der Waals surface area contributed by atoms with E-state index in [1.807, 2.05) is 0 Å². The van der Waals surface area contributed by atoms with E-state index >= 15 is 0 Å². The van der Waals surface area contributed by atoms with E-state index in [0.717, 1.165) is 14.2 Å². The molecule has 0 aromatic carbocycles. The summed E-state index contributed by atoms with van der Waals surface area (Å²) < 4.78 is 392. The van der Waals surface area contributed by atoms with Crippen molar-refractivity contribution in [3.63, 3.8) is 0 Å². The van der Waals surface area contributed by atoms with Crippen molar-refractivity contribution in [1.29, 1.82) is 0 Å². The van der Waals surface area contributed by atoms with E-state index in [-0.39, 0.29) is 0 Å². The van der Waals surface area contributed by atoms with E-state index < -0.39 is 97.7 Å². The van der Waals surface area contributed by atoms with Gasteiger partial charge in [-0.1, -0.05) is 0 Å². The van der Waals surface area contributed by atoms with Gasteiger partial charge in [0.2, 0.25) is 0 Å². The Kier molecular flexibility index (Phi) is 12.0. The standard InChI is InChI=1S/C16H3F29O6/c1-47-2(46)3(17,8(23,24)25)48-14(40,41)5(20,10(29,30)31)50-16(44,45)7(22,12(35,36)37)51-15(42,43)6(21,11(32,33)34)49-13(38,39)4(18,19)9(26,27)28/h1H3/t3-,5-,6+,7+/m1/s1. The van der Waals surface area contributed by atoms with Crippen LogP contribution in [0.25, 0.3) is 0 Å². The number of hydrogen-bond donors (Lipinski definition) is 0. The summed E-state index contributed by atoms with van der Waals surface area (Å²) in [7, 11) is -0.505. The van der Waals surface area contributed by atoms with Gasteiger partial charge in [0.05, 0.1) is 7.11 Å². The normalized spacial score (nSPS) is 20.2. The van der Waals surface area contributed by atoms with E-state index in [9.17, 15) is 132 Å². The molecule has 6 nitrogen and oxygen atoms in total. The molecule has 4 atom stereocenters. The maximum Gasteiger partial charge on any atom is 0.462 e. The van der Waals surface area contributed by atoms with Crippen LogP contribution in [-0.4, -0.2) is 97.7 Å². The van der Waals surface area contributed by atoms with Crippen molar-refractivity contribution in [1.82, 2.24) is 0 Å². The van der Waals surface area contributed by atoms with Crippen molar-refractivity contribution in [3.8, 4) is 0 Å². The number of carbonyl (C=O) groups is 1. The third kappa shape index (κ3) is 7.97. The third-order valence-electron chi connectivity index (χ3n) is 4.83. The number of carbonyl (C=O) groups excluding carboxylic acids is 1. The topological polar surface area (TPSA) is 63.2 Å². The van der Waals surface area contributed by atoms with Crippen LogP contribution in [0, 0.1) is 0 Å². The second-order valence-electron chi connectivity index (χ2n) is 8.41. The lowest BCUT2D eigenvalue weighted by molar-refractivity contribution is -0.592. The van der Waals surface area contributed by atoms with Crippen LogP contribution in [-0.2, 0) is 28.5 Å². The second-order valence-corrected chi connectivity index (χ2v) is 8.41. The summed E-state index contributed by atoms with van der Waals surface area (Å²) in [4.78, 5) is 10.9. The van der Waals surface area contributed by atoms with Crippen LogP contribution in [0.2, 0.25) is 0 Å². The van der Waals surface area contributed by atoms with E-state index in [0.29, 0.717) is 0 Å². The summed E-state index contributed by atoms with van der Waals surface area (Å²) in [5, 5.41) is 0. The molecular weight excluding hydrogens is 839 g/mol. The first kappa shape index (κ1) is 48.3. The highest BCUT2D eigenvalue weighted by Gasteiger charge is 2.90. The molecule has 0 aliphatic heterocycles. The predicted octanol–water partition coefficient (Wildman–Crippen LogP) is 8.71. The van der Waals surface area contributed by atoms with Crippen molar-refractivity contribution in [2.24, 2.45) is 0 Å². The smallest absolute Gasteiger partial charge is 0.462 e. The molecule has 0 aliphatic carbocycles. The minimum atomic E-state index is -9.24. The fraction of sp³-hybridized carbons (Fsp3) is 0.938. The van der Waals surface area contributed by atoms with E-state index in [4.69, 9.17) is 0 Å². The molecule has 35 heteroatoms. The second kappa shape index (κ2) is 12.7. The summed E-state index contributed by atoms with van der Waals surface area (Å²) in [6.07, 6.45) is -77.4. The number of halogens is 29. The molecule has 0 N–H and O–H groups in total. The Bertz CT molecular complexity index is 1250. The average molecular weight is 842 g/mol. The van der Waals surface area contributed by atoms with Gasteiger partial charge in [-0.05, 0) is 0 Å². The molecule has 51 heavy (non-hydrogen) atoms. The molecule has 0 aromatic heterocycles. The highest BCUT2D eigenvalue weighted by Crippen LogP contribution is 2.61. The molecule has 0 aliphatic rings. The van der Waals surface area contributed by atoms with Crippen LogP contribution >= 0.6 is 0 Å². The molecule has 0 spiro atoms. The first-order valence-electron chi connectivity index (χ1n) is 10.4. The minimum absolute atomic E-state index is 0.505. The highest BCUT2D eigenvalue weighted by atomic mass is 19.4. The summed E-state index contributed by atoms with van der Waals surface area (Å²) >= 11 is 0. The Balaban J connectivity index is 7.72. The quantitative estimate of drug-likeness (QED) is 0.137. The van der Waals surface area contributed by atoms with Gasteiger partial charge >= 0.3 is 90.6 Å². The molecular formula is C16H3F29O6. The molecule has 306 valence electrons. The molecule has 0 heterocycles. The van der Waals surface area contributed by atoms with Crippen LogP contribution in [0.1, 0.15) is 0 Å². The molecule has 0 saturated carbocycles. The number of alkyl halides is 29. The van der Waals surface area contributed by atoms with E-state index in [1.165, 1.54) is 4.74 Å². The zero-order chi connectivity index (χ0) is 42.1. The monoisotopic (exact) mass is 842 g/mol. The zero-order valence-corrected chi connectivity index (χ0v) is 21.9. The molecule has 0 radical (unpaired) electrons. The van der Waals surface area contributed by atoms with Gasteiger partial charge in [0.25, 0.3) is 0 Å². The molecule has 0 saturated heterocycles. The fourth-order valence-corrected chi connectivity index (χ4v) is 2.33. The lowest BCUT2D eigenvalue weighted by atomic mass is 10.2. The lowest BCUT2D eigenvalue weighted by Gasteiger charge is -2.43. The lowest BCUT2D eigenvalue weighted by Crippen LogP contribution is -2.72. The predicted molar refractivity (Wildman–Crippen MR) is 86.7 cm³/mol. The van der Waals surface area contributed by atoms with Crippen LogP contribution in [0.4, 0.5) is 127 Å².